The Morgan fingerprint density at radius 1 is 1.08 bits per heavy atom. The van der Waals surface area contributed by atoms with E-state index in [2.05, 4.69) is 45.4 Å². The highest BCUT2D eigenvalue weighted by Crippen LogP contribution is 2.32. The average molecular weight is 339 g/mol. The first-order valence-electron chi connectivity index (χ1n) is 7.86. The third kappa shape index (κ3) is 3.87. The Hall–Kier alpha value is -2.08. The van der Waals surface area contributed by atoms with Crippen LogP contribution in [-0.4, -0.2) is 19.1 Å². The minimum absolute atomic E-state index is 0.817. The number of rotatable bonds is 6. The molecule has 0 saturated heterocycles. The van der Waals surface area contributed by atoms with Crippen molar-refractivity contribution < 1.29 is 4.74 Å². The van der Waals surface area contributed by atoms with Gasteiger partial charge in [0.15, 0.2) is 0 Å². The van der Waals surface area contributed by atoms with Crippen molar-refractivity contribution in [1.82, 2.24) is 15.0 Å². The molecule has 0 unspecified atom stereocenters. The van der Waals surface area contributed by atoms with Crippen LogP contribution in [0.3, 0.4) is 0 Å². The van der Waals surface area contributed by atoms with Crippen LogP contribution >= 0.6 is 11.9 Å². The van der Waals surface area contributed by atoms with Crippen molar-refractivity contribution in [2.24, 2.45) is 0 Å². The fourth-order valence-electron chi connectivity index (χ4n) is 2.62. The van der Waals surface area contributed by atoms with E-state index in [1.165, 1.54) is 5.56 Å². The van der Waals surface area contributed by atoms with E-state index in [0.29, 0.717) is 0 Å². The summed E-state index contributed by atoms with van der Waals surface area (Å²) < 4.78 is 9.26. The predicted molar refractivity (Wildman–Crippen MR) is 101 cm³/mol. The van der Waals surface area contributed by atoms with Gasteiger partial charge in [-0.3, -0.25) is 9.71 Å². The molecule has 0 spiro atoms. The molecule has 4 nitrogen and oxygen atoms in total. The molecule has 3 rings (SSSR count). The topological polar surface area (TPSA) is 46.2 Å². The Balaban J connectivity index is 1.98. The maximum absolute atomic E-state index is 6.17. The first kappa shape index (κ1) is 16.8. The minimum Gasteiger partial charge on any atom is -0.457 e. The van der Waals surface area contributed by atoms with Crippen molar-refractivity contribution in [2.75, 3.05) is 14.1 Å². The van der Waals surface area contributed by atoms with Gasteiger partial charge >= 0.3 is 0 Å². The first-order valence-corrected chi connectivity index (χ1v) is 8.67. The summed E-state index contributed by atoms with van der Waals surface area (Å²) in [6.07, 6.45) is 0. The molecule has 1 aromatic heterocycles. The molecule has 0 bridgehead atoms. The number of nitrogens with zero attached hydrogens (tertiary/aromatic N) is 1. The van der Waals surface area contributed by atoms with Crippen LogP contribution in [0.1, 0.15) is 11.3 Å². The summed E-state index contributed by atoms with van der Waals surface area (Å²) in [5.74, 6) is 1.67. The molecule has 0 fully saturated rings. The monoisotopic (exact) mass is 339 g/mol. The van der Waals surface area contributed by atoms with Crippen molar-refractivity contribution in [3.8, 4) is 11.5 Å². The molecule has 0 aliphatic heterocycles. The molecule has 2 aromatic carbocycles. The lowest BCUT2D eigenvalue weighted by atomic mass is 10.1. The van der Waals surface area contributed by atoms with Gasteiger partial charge in [0.25, 0.3) is 0 Å². The second-order valence-electron chi connectivity index (χ2n) is 5.53. The Morgan fingerprint density at radius 2 is 1.96 bits per heavy atom. The number of hydrogen-bond acceptors (Lipinski definition) is 5. The van der Waals surface area contributed by atoms with Gasteiger partial charge in [-0.2, -0.15) is 0 Å². The summed E-state index contributed by atoms with van der Waals surface area (Å²) in [4.78, 5) is 5.77. The summed E-state index contributed by atoms with van der Waals surface area (Å²) >= 11 is 1.58. The Kier molecular flexibility index (Phi) is 5.35. The molecule has 124 valence electrons. The fourth-order valence-corrected chi connectivity index (χ4v) is 3.16. The highest BCUT2D eigenvalue weighted by atomic mass is 32.2. The summed E-state index contributed by atoms with van der Waals surface area (Å²) in [6.45, 7) is 2.81. The van der Waals surface area contributed by atoms with Crippen molar-refractivity contribution in [3.63, 3.8) is 0 Å². The highest BCUT2D eigenvalue weighted by Gasteiger charge is 2.08. The molecule has 1 heterocycles. The lowest BCUT2D eigenvalue weighted by molar-refractivity contribution is 0.486. The normalized spacial score (nSPS) is 11.0. The SMILES string of the molecule is CNCc1cccc(Oc2cc(C)nc3cc(SNC)ccc23)c1. The number of ether oxygens (including phenoxy) is 1. The van der Waals surface area contributed by atoms with Crippen LogP contribution in [0.15, 0.2) is 53.4 Å². The zero-order valence-electron chi connectivity index (χ0n) is 14.1. The number of hydrogen-bond donors (Lipinski definition) is 2. The van der Waals surface area contributed by atoms with Crippen LogP contribution in [-0.2, 0) is 6.54 Å². The van der Waals surface area contributed by atoms with Gasteiger partial charge in [0.05, 0.1) is 5.52 Å². The van der Waals surface area contributed by atoms with E-state index >= 15 is 0 Å². The van der Waals surface area contributed by atoms with E-state index in [1.54, 1.807) is 11.9 Å². The second kappa shape index (κ2) is 7.66. The van der Waals surface area contributed by atoms with E-state index < -0.39 is 0 Å². The van der Waals surface area contributed by atoms with E-state index in [-0.39, 0.29) is 0 Å². The number of fused-ring (bicyclic) bond motifs is 1. The van der Waals surface area contributed by atoms with E-state index in [4.69, 9.17) is 4.74 Å². The van der Waals surface area contributed by atoms with Crippen molar-refractivity contribution in [3.05, 3.63) is 59.8 Å². The largest absolute Gasteiger partial charge is 0.457 e. The zero-order chi connectivity index (χ0) is 16.9. The van der Waals surface area contributed by atoms with Gasteiger partial charge in [0, 0.05) is 28.6 Å². The van der Waals surface area contributed by atoms with Crippen LogP contribution in [0.4, 0.5) is 0 Å². The number of benzene rings is 2. The maximum atomic E-state index is 6.17. The molecule has 0 amide bonds. The van der Waals surface area contributed by atoms with Crippen LogP contribution in [0.5, 0.6) is 11.5 Å². The summed E-state index contributed by atoms with van der Waals surface area (Å²) in [7, 11) is 3.85. The fraction of sp³-hybridized carbons (Fsp3) is 0.211. The van der Waals surface area contributed by atoms with E-state index in [9.17, 15) is 0 Å². The molecule has 0 radical (unpaired) electrons. The molecule has 0 aliphatic rings. The summed E-state index contributed by atoms with van der Waals surface area (Å²) in [5.41, 5.74) is 3.07. The van der Waals surface area contributed by atoms with E-state index in [0.717, 1.165) is 39.5 Å². The van der Waals surface area contributed by atoms with Gasteiger partial charge in [0.1, 0.15) is 11.5 Å². The maximum Gasteiger partial charge on any atom is 0.138 e. The van der Waals surface area contributed by atoms with Crippen LogP contribution in [0, 0.1) is 6.92 Å². The third-order valence-corrected chi connectivity index (χ3v) is 4.29. The average Bonchev–Trinajstić information content (AvgIpc) is 2.55. The zero-order valence-corrected chi connectivity index (χ0v) is 14.9. The quantitative estimate of drug-likeness (QED) is 0.656. The van der Waals surface area contributed by atoms with Gasteiger partial charge in [-0.05, 0) is 68.9 Å². The predicted octanol–water partition coefficient (Wildman–Crippen LogP) is 4.28. The Labute approximate surface area is 146 Å². The highest BCUT2D eigenvalue weighted by molar-refractivity contribution is 7.97. The van der Waals surface area contributed by atoms with Gasteiger partial charge in [-0.1, -0.05) is 12.1 Å². The smallest absolute Gasteiger partial charge is 0.138 e. The summed E-state index contributed by atoms with van der Waals surface area (Å²) in [6, 6.07) is 16.3. The summed E-state index contributed by atoms with van der Waals surface area (Å²) in [5, 5.41) is 4.17. The number of pyridine rings is 1. The standard InChI is InChI=1S/C19H21N3OS/c1-13-9-19(23-15-6-4-5-14(10-15)12-20-2)17-8-7-16(24-21-3)11-18(17)22-13/h4-11,20-21H,12H2,1-3H3. The van der Waals surface area contributed by atoms with Crippen molar-refractivity contribution in [2.45, 2.75) is 18.4 Å². The molecule has 5 heteroatoms. The van der Waals surface area contributed by atoms with Crippen LogP contribution < -0.4 is 14.8 Å². The van der Waals surface area contributed by atoms with Crippen LogP contribution in [0.25, 0.3) is 10.9 Å². The molecular formula is C19H21N3OS. The molecule has 24 heavy (non-hydrogen) atoms. The number of nitrogens with one attached hydrogen (secondary N) is 2. The molecule has 3 aromatic rings. The first-order chi connectivity index (χ1) is 11.7. The lowest BCUT2D eigenvalue weighted by Gasteiger charge is -2.12. The van der Waals surface area contributed by atoms with Gasteiger partial charge in [-0.15, -0.1) is 0 Å². The minimum atomic E-state index is 0.817. The molecule has 0 atom stereocenters. The number of aryl methyl sites for hydroxylation is 1. The van der Waals surface area contributed by atoms with E-state index in [1.807, 2.05) is 39.2 Å². The molecule has 0 saturated carbocycles. The second-order valence-corrected chi connectivity index (χ2v) is 6.61. The van der Waals surface area contributed by atoms with Crippen molar-refractivity contribution in [1.29, 1.82) is 0 Å². The van der Waals surface area contributed by atoms with Crippen LogP contribution in [0.2, 0.25) is 0 Å². The lowest BCUT2D eigenvalue weighted by Crippen LogP contribution is -2.04. The third-order valence-electron chi connectivity index (χ3n) is 3.60. The van der Waals surface area contributed by atoms with Crippen molar-refractivity contribution >= 4 is 22.9 Å². The van der Waals surface area contributed by atoms with Gasteiger partial charge < -0.3 is 10.1 Å². The van der Waals surface area contributed by atoms with Gasteiger partial charge in [-0.25, -0.2) is 0 Å². The Morgan fingerprint density at radius 3 is 2.75 bits per heavy atom. The molecule has 0 aliphatic carbocycles. The Bertz CT molecular complexity index is 851. The molecule has 2 N–H and O–H groups in total. The number of aromatic nitrogens is 1. The molecular weight excluding hydrogens is 318 g/mol. The van der Waals surface area contributed by atoms with Gasteiger partial charge in [0.2, 0.25) is 0 Å².